The van der Waals surface area contributed by atoms with Crippen LogP contribution in [-0.2, 0) is 4.79 Å². The van der Waals surface area contributed by atoms with Gasteiger partial charge in [-0.25, -0.2) is 9.37 Å². The summed E-state index contributed by atoms with van der Waals surface area (Å²) in [5.41, 5.74) is 1.20. The smallest absolute Gasteiger partial charge is 0.260 e. The predicted molar refractivity (Wildman–Crippen MR) is 117 cm³/mol. The van der Waals surface area contributed by atoms with Gasteiger partial charge in [0.2, 0.25) is 5.91 Å². The van der Waals surface area contributed by atoms with E-state index in [1.807, 2.05) is 29.8 Å². The number of H-pyrrole nitrogens is 1. The van der Waals surface area contributed by atoms with Crippen LogP contribution in [0.4, 0.5) is 4.39 Å². The molecule has 4 rings (SSSR count). The maximum Gasteiger partial charge on any atom is 0.260 e. The van der Waals surface area contributed by atoms with E-state index in [1.54, 1.807) is 23.5 Å². The lowest BCUT2D eigenvalue weighted by Gasteiger charge is -2.11. The molecule has 0 bridgehead atoms. The number of aromatic nitrogens is 2. The Kier molecular flexibility index (Phi) is 5.79. The van der Waals surface area contributed by atoms with Crippen LogP contribution in [0, 0.1) is 5.82 Å². The normalized spacial score (nSPS) is 12.2. The molecule has 0 aliphatic heterocycles. The van der Waals surface area contributed by atoms with Gasteiger partial charge in [0, 0.05) is 15.8 Å². The molecule has 2 N–H and O–H groups in total. The number of fused-ring (bicyclic) bond motifs is 1. The number of aromatic amines is 1. The predicted octanol–water partition coefficient (Wildman–Crippen LogP) is 4.82. The van der Waals surface area contributed by atoms with E-state index in [2.05, 4.69) is 15.3 Å². The van der Waals surface area contributed by atoms with Gasteiger partial charge in [0.05, 0.1) is 17.2 Å². The van der Waals surface area contributed by atoms with Crippen molar-refractivity contribution in [3.8, 4) is 11.1 Å². The quantitative estimate of drug-likeness (QED) is 0.330. The maximum absolute atomic E-state index is 13.2. The molecule has 0 aliphatic rings. The minimum Gasteiger partial charge on any atom is -0.348 e. The third-order valence-electron chi connectivity index (χ3n) is 4.26. The molecule has 3 heterocycles. The number of rotatable bonds is 6. The number of thiophene rings is 2. The molecule has 9 heteroatoms. The minimum atomic E-state index is -0.328. The average Bonchev–Trinajstić information content (AvgIpc) is 3.37. The van der Waals surface area contributed by atoms with E-state index in [0.29, 0.717) is 15.4 Å². The zero-order chi connectivity index (χ0) is 20.4. The van der Waals surface area contributed by atoms with E-state index in [1.165, 1.54) is 35.2 Å². The fourth-order valence-corrected chi connectivity index (χ4v) is 5.28. The zero-order valence-electron chi connectivity index (χ0n) is 15.3. The van der Waals surface area contributed by atoms with E-state index in [0.717, 1.165) is 16.0 Å². The molecule has 1 unspecified atom stereocenters. The third kappa shape index (κ3) is 4.42. The molecule has 1 amide bonds. The molecule has 1 aromatic carbocycles. The van der Waals surface area contributed by atoms with Gasteiger partial charge in [-0.15, -0.1) is 22.7 Å². The Labute approximate surface area is 178 Å². The topological polar surface area (TPSA) is 74.8 Å². The van der Waals surface area contributed by atoms with Crippen molar-refractivity contribution in [2.45, 2.75) is 18.1 Å². The summed E-state index contributed by atoms with van der Waals surface area (Å²) < 4.78 is 13.2. The Hall–Kier alpha value is -2.49. The van der Waals surface area contributed by atoms with Crippen molar-refractivity contribution in [1.29, 1.82) is 0 Å². The molecule has 5 nitrogen and oxygen atoms in total. The Morgan fingerprint density at radius 1 is 1.28 bits per heavy atom. The molecule has 1 atom stereocenters. The van der Waals surface area contributed by atoms with Crippen molar-refractivity contribution >= 4 is 50.6 Å². The highest BCUT2D eigenvalue weighted by molar-refractivity contribution is 7.99. The van der Waals surface area contributed by atoms with Crippen LogP contribution in [0.3, 0.4) is 0 Å². The molecule has 0 saturated carbocycles. The van der Waals surface area contributed by atoms with Crippen molar-refractivity contribution < 1.29 is 9.18 Å². The Balaban J connectivity index is 1.48. The number of amides is 1. The van der Waals surface area contributed by atoms with Crippen LogP contribution in [0.1, 0.15) is 17.8 Å². The average molecular weight is 446 g/mol. The molecule has 148 valence electrons. The van der Waals surface area contributed by atoms with Crippen molar-refractivity contribution in [2.24, 2.45) is 0 Å². The number of benzene rings is 1. The molecule has 0 spiro atoms. The number of thioether (sulfide) groups is 1. The van der Waals surface area contributed by atoms with Gasteiger partial charge in [-0.1, -0.05) is 30.0 Å². The maximum atomic E-state index is 13.2. The Morgan fingerprint density at radius 3 is 2.79 bits per heavy atom. The highest BCUT2D eigenvalue weighted by atomic mass is 32.2. The number of halogens is 1. The first-order chi connectivity index (χ1) is 14.0. The second-order valence-electron chi connectivity index (χ2n) is 6.30. The molecule has 0 aliphatic carbocycles. The third-order valence-corrected chi connectivity index (χ3v) is 7.07. The van der Waals surface area contributed by atoms with Crippen molar-refractivity contribution in [2.75, 3.05) is 5.75 Å². The lowest BCUT2D eigenvalue weighted by atomic mass is 10.1. The largest absolute Gasteiger partial charge is 0.348 e. The van der Waals surface area contributed by atoms with Crippen LogP contribution in [0.5, 0.6) is 0 Å². The first-order valence-electron chi connectivity index (χ1n) is 8.74. The summed E-state index contributed by atoms with van der Waals surface area (Å²) in [6, 6.07) is 9.86. The summed E-state index contributed by atoms with van der Waals surface area (Å²) in [5, 5.41) is 7.62. The number of nitrogens with zero attached hydrogens (tertiary/aromatic N) is 1. The van der Waals surface area contributed by atoms with Gasteiger partial charge >= 0.3 is 0 Å². The fourth-order valence-electron chi connectivity index (χ4n) is 2.87. The first kappa shape index (κ1) is 19.8. The number of hydrogen-bond donors (Lipinski definition) is 2. The summed E-state index contributed by atoms with van der Waals surface area (Å²) in [4.78, 5) is 33.7. The number of nitrogens with one attached hydrogen (secondary N) is 2. The van der Waals surface area contributed by atoms with Crippen LogP contribution in [0.15, 0.2) is 57.1 Å². The van der Waals surface area contributed by atoms with Gasteiger partial charge in [-0.05, 0) is 36.1 Å². The Morgan fingerprint density at radius 2 is 2.07 bits per heavy atom. The number of hydrogen-bond acceptors (Lipinski definition) is 6. The van der Waals surface area contributed by atoms with Gasteiger partial charge < -0.3 is 10.3 Å². The molecule has 0 saturated heterocycles. The van der Waals surface area contributed by atoms with Crippen molar-refractivity contribution in [3.05, 3.63) is 68.2 Å². The first-order valence-corrected chi connectivity index (χ1v) is 11.5. The number of carbonyl (C=O) groups excluding carboxylic acids is 1. The molecular weight excluding hydrogens is 429 g/mol. The van der Waals surface area contributed by atoms with Gasteiger partial charge in [0.15, 0.2) is 5.16 Å². The van der Waals surface area contributed by atoms with Gasteiger partial charge in [-0.2, -0.15) is 0 Å². The summed E-state index contributed by atoms with van der Waals surface area (Å²) in [7, 11) is 0. The second kappa shape index (κ2) is 8.48. The van der Waals surface area contributed by atoms with Crippen LogP contribution < -0.4 is 10.9 Å². The van der Waals surface area contributed by atoms with Gasteiger partial charge in [-0.3, -0.25) is 9.59 Å². The SMILES string of the molecule is CC(NC(=O)CSc1nc2scc(-c3ccc(F)cc3)c2c(=O)[nH]1)c1cccs1. The minimum absolute atomic E-state index is 0.0619. The van der Waals surface area contributed by atoms with E-state index in [4.69, 9.17) is 0 Å². The lowest BCUT2D eigenvalue weighted by molar-refractivity contribution is -0.119. The molecule has 0 radical (unpaired) electrons. The van der Waals surface area contributed by atoms with Gasteiger partial charge in [0.1, 0.15) is 10.6 Å². The van der Waals surface area contributed by atoms with Crippen molar-refractivity contribution in [3.63, 3.8) is 0 Å². The lowest BCUT2D eigenvalue weighted by Crippen LogP contribution is -2.27. The molecule has 4 aromatic rings. The summed E-state index contributed by atoms with van der Waals surface area (Å²) in [5.74, 6) is -0.303. The summed E-state index contributed by atoms with van der Waals surface area (Å²) in [6.45, 7) is 1.93. The summed E-state index contributed by atoms with van der Waals surface area (Å²) in [6.07, 6.45) is 0. The van der Waals surface area contributed by atoms with Crippen LogP contribution in [0.2, 0.25) is 0 Å². The molecule has 0 fully saturated rings. The van der Waals surface area contributed by atoms with E-state index >= 15 is 0 Å². The fraction of sp³-hybridized carbons (Fsp3) is 0.150. The van der Waals surface area contributed by atoms with Crippen LogP contribution >= 0.6 is 34.4 Å². The van der Waals surface area contributed by atoms with E-state index in [-0.39, 0.29) is 29.1 Å². The standard InChI is InChI=1S/C20H16FN3O2S3/c1-11(15-3-2-8-27-15)22-16(25)10-29-20-23-18(26)17-14(9-28-19(17)24-20)12-4-6-13(21)7-5-12/h2-9,11H,10H2,1H3,(H,22,25)(H,23,24,26). The zero-order valence-corrected chi connectivity index (χ0v) is 17.7. The van der Waals surface area contributed by atoms with E-state index < -0.39 is 0 Å². The highest BCUT2D eigenvalue weighted by Gasteiger charge is 2.15. The van der Waals surface area contributed by atoms with E-state index in [9.17, 15) is 14.0 Å². The number of carbonyl (C=O) groups is 1. The summed E-state index contributed by atoms with van der Waals surface area (Å²) >= 11 is 4.12. The second-order valence-corrected chi connectivity index (χ2v) is 9.10. The van der Waals surface area contributed by atoms with Gasteiger partial charge in [0.25, 0.3) is 5.56 Å². The van der Waals surface area contributed by atoms with Crippen LogP contribution in [0.25, 0.3) is 21.3 Å². The molecular formula is C20H16FN3O2S3. The monoisotopic (exact) mass is 445 g/mol. The molecule has 3 aromatic heterocycles. The highest BCUT2D eigenvalue weighted by Crippen LogP contribution is 2.31. The molecule has 29 heavy (non-hydrogen) atoms. The van der Waals surface area contributed by atoms with Crippen LogP contribution in [-0.4, -0.2) is 21.6 Å². The van der Waals surface area contributed by atoms with Crippen molar-refractivity contribution in [1.82, 2.24) is 15.3 Å². The Bertz CT molecular complexity index is 1200.